The Bertz CT molecular complexity index is 621. The lowest BCUT2D eigenvalue weighted by atomic mass is 10.0. The van der Waals surface area contributed by atoms with Crippen molar-refractivity contribution in [2.75, 3.05) is 11.4 Å². The predicted molar refractivity (Wildman–Crippen MR) is 74.3 cm³/mol. The Balaban J connectivity index is 2.11. The minimum absolute atomic E-state index is 0.151. The van der Waals surface area contributed by atoms with E-state index in [9.17, 15) is 9.90 Å². The molecule has 1 fully saturated rings. The fourth-order valence-corrected chi connectivity index (χ4v) is 2.89. The molecule has 2 aromatic rings. The number of benzene rings is 1. The maximum atomic E-state index is 11.5. The number of aromatic nitrogens is 1. The molecule has 98 valence electrons. The Morgan fingerprint density at radius 3 is 2.95 bits per heavy atom. The second-order valence-corrected chi connectivity index (χ2v) is 5.10. The van der Waals surface area contributed by atoms with Crippen LogP contribution in [-0.2, 0) is 4.79 Å². The van der Waals surface area contributed by atoms with Crippen molar-refractivity contribution in [3.8, 4) is 0 Å². The van der Waals surface area contributed by atoms with E-state index in [-0.39, 0.29) is 5.92 Å². The molecule has 2 atom stereocenters. The van der Waals surface area contributed by atoms with Gasteiger partial charge in [0.05, 0.1) is 0 Å². The summed E-state index contributed by atoms with van der Waals surface area (Å²) in [6.45, 7) is 2.74. The van der Waals surface area contributed by atoms with Gasteiger partial charge in [-0.3, -0.25) is 0 Å². The standard InChI is InChI=1S/C15H16N2O2/c1-10-7-9-17(13(10)15(18)19)14-12-5-3-2-4-11(12)6-8-16-14/h2-6,8,10,13H,7,9H2,1H3,(H,18,19). The summed E-state index contributed by atoms with van der Waals surface area (Å²) in [6.07, 6.45) is 2.64. The molecule has 0 amide bonds. The van der Waals surface area contributed by atoms with Crippen molar-refractivity contribution in [3.63, 3.8) is 0 Å². The Morgan fingerprint density at radius 2 is 2.16 bits per heavy atom. The van der Waals surface area contributed by atoms with Gasteiger partial charge in [0.15, 0.2) is 0 Å². The van der Waals surface area contributed by atoms with Crippen LogP contribution in [0.15, 0.2) is 36.5 Å². The van der Waals surface area contributed by atoms with Gasteiger partial charge in [0.2, 0.25) is 0 Å². The zero-order valence-electron chi connectivity index (χ0n) is 10.8. The molecule has 0 bridgehead atoms. The first-order valence-corrected chi connectivity index (χ1v) is 6.51. The van der Waals surface area contributed by atoms with Crippen molar-refractivity contribution in [1.82, 2.24) is 4.98 Å². The van der Waals surface area contributed by atoms with Crippen LogP contribution in [0.25, 0.3) is 10.8 Å². The number of fused-ring (bicyclic) bond motifs is 1. The highest BCUT2D eigenvalue weighted by atomic mass is 16.4. The smallest absolute Gasteiger partial charge is 0.326 e. The monoisotopic (exact) mass is 256 g/mol. The first-order chi connectivity index (χ1) is 9.18. The Labute approximate surface area is 111 Å². The lowest BCUT2D eigenvalue weighted by Gasteiger charge is -2.25. The zero-order valence-corrected chi connectivity index (χ0v) is 10.8. The molecule has 2 heterocycles. The van der Waals surface area contributed by atoms with E-state index in [2.05, 4.69) is 4.98 Å². The van der Waals surface area contributed by atoms with E-state index in [0.717, 1.165) is 29.6 Å². The van der Waals surface area contributed by atoms with Gasteiger partial charge in [0.25, 0.3) is 0 Å². The molecule has 4 nitrogen and oxygen atoms in total. The number of nitrogens with zero attached hydrogens (tertiary/aromatic N) is 2. The van der Waals surface area contributed by atoms with Crippen molar-refractivity contribution in [2.24, 2.45) is 5.92 Å². The summed E-state index contributed by atoms with van der Waals surface area (Å²) in [4.78, 5) is 17.8. The van der Waals surface area contributed by atoms with Gasteiger partial charge in [0.1, 0.15) is 11.9 Å². The number of pyridine rings is 1. The molecule has 1 aliphatic rings. The van der Waals surface area contributed by atoms with Gasteiger partial charge < -0.3 is 10.0 Å². The van der Waals surface area contributed by atoms with Crippen LogP contribution in [0.1, 0.15) is 13.3 Å². The minimum Gasteiger partial charge on any atom is -0.480 e. The van der Waals surface area contributed by atoms with Crippen molar-refractivity contribution >= 4 is 22.6 Å². The molecular formula is C15H16N2O2. The van der Waals surface area contributed by atoms with Crippen LogP contribution < -0.4 is 4.90 Å². The average molecular weight is 256 g/mol. The number of carbonyl (C=O) groups is 1. The van der Waals surface area contributed by atoms with Crippen molar-refractivity contribution in [1.29, 1.82) is 0 Å². The number of aliphatic carboxylic acids is 1. The predicted octanol–water partition coefficient (Wildman–Crippen LogP) is 2.53. The molecule has 1 saturated heterocycles. The molecular weight excluding hydrogens is 240 g/mol. The number of rotatable bonds is 2. The minimum atomic E-state index is -0.764. The van der Waals surface area contributed by atoms with E-state index >= 15 is 0 Å². The third-order valence-electron chi connectivity index (χ3n) is 3.88. The van der Waals surface area contributed by atoms with Crippen molar-refractivity contribution in [2.45, 2.75) is 19.4 Å². The van der Waals surface area contributed by atoms with E-state index in [1.165, 1.54) is 0 Å². The lowest BCUT2D eigenvalue weighted by Crippen LogP contribution is -2.39. The second kappa shape index (κ2) is 4.53. The molecule has 0 spiro atoms. The van der Waals surface area contributed by atoms with E-state index in [1.807, 2.05) is 42.2 Å². The fourth-order valence-electron chi connectivity index (χ4n) is 2.89. The summed E-state index contributed by atoms with van der Waals surface area (Å²) in [7, 11) is 0. The lowest BCUT2D eigenvalue weighted by molar-refractivity contribution is -0.139. The highest BCUT2D eigenvalue weighted by molar-refractivity contribution is 5.94. The van der Waals surface area contributed by atoms with Gasteiger partial charge in [-0.25, -0.2) is 9.78 Å². The average Bonchev–Trinajstić information content (AvgIpc) is 2.80. The molecule has 1 aromatic heterocycles. The third kappa shape index (κ3) is 1.93. The Morgan fingerprint density at radius 1 is 1.37 bits per heavy atom. The second-order valence-electron chi connectivity index (χ2n) is 5.10. The molecule has 0 radical (unpaired) electrons. The zero-order chi connectivity index (χ0) is 13.4. The summed E-state index contributed by atoms with van der Waals surface area (Å²) < 4.78 is 0. The number of carboxylic acid groups (broad SMARTS) is 1. The van der Waals surface area contributed by atoms with E-state index in [4.69, 9.17) is 0 Å². The first-order valence-electron chi connectivity index (χ1n) is 6.51. The fraction of sp³-hybridized carbons (Fsp3) is 0.333. The van der Waals surface area contributed by atoms with Crippen LogP contribution in [-0.4, -0.2) is 28.6 Å². The molecule has 2 unspecified atom stereocenters. The topological polar surface area (TPSA) is 53.4 Å². The summed E-state index contributed by atoms with van der Waals surface area (Å²) in [5.74, 6) is 0.174. The van der Waals surface area contributed by atoms with Gasteiger partial charge in [-0.05, 0) is 23.8 Å². The Hall–Kier alpha value is -2.10. The van der Waals surface area contributed by atoms with Gasteiger partial charge in [-0.1, -0.05) is 31.2 Å². The number of anilines is 1. The maximum absolute atomic E-state index is 11.5. The molecule has 19 heavy (non-hydrogen) atoms. The van der Waals surface area contributed by atoms with Crippen LogP contribution in [0.4, 0.5) is 5.82 Å². The van der Waals surface area contributed by atoms with Gasteiger partial charge in [0, 0.05) is 18.1 Å². The largest absolute Gasteiger partial charge is 0.480 e. The summed E-state index contributed by atoms with van der Waals surface area (Å²) in [5.41, 5.74) is 0. The third-order valence-corrected chi connectivity index (χ3v) is 3.88. The quantitative estimate of drug-likeness (QED) is 0.897. The van der Waals surface area contributed by atoms with Crippen LogP contribution >= 0.6 is 0 Å². The molecule has 4 heteroatoms. The van der Waals surface area contributed by atoms with Crippen LogP contribution in [0.2, 0.25) is 0 Å². The normalized spacial score (nSPS) is 22.9. The van der Waals surface area contributed by atoms with Crippen LogP contribution in [0.3, 0.4) is 0 Å². The number of hydrogen-bond acceptors (Lipinski definition) is 3. The molecule has 0 saturated carbocycles. The van der Waals surface area contributed by atoms with E-state index < -0.39 is 12.0 Å². The molecule has 1 aliphatic heterocycles. The summed E-state index contributed by atoms with van der Waals surface area (Å²) in [6, 6.07) is 9.44. The van der Waals surface area contributed by atoms with Crippen LogP contribution in [0, 0.1) is 5.92 Å². The van der Waals surface area contributed by atoms with Crippen LogP contribution in [0.5, 0.6) is 0 Å². The van der Waals surface area contributed by atoms with E-state index in [0.29, 0.717) is 0 Å². The SMILES string of the molecule is CC1CCN(c2nccc3ccccc23)C1C(=O)O. The van der Waals surface area contributed by atoms with Gasteiger partial charge in [-0.2, -0.15) is 0 Å². The van der Waals surface area contributed by atoms with Crippen molar-refractivity contribution in [3.05, 3.63) is 36.5 Å². The summed E-state index contributed by atoms with van der Waals surface area (Å²) >= 11 is 0. The number of carboxylic acids is 1. The number of hydrogen-bond donors (Lipinski definition) is 1. The first kappa shape index (κ1) is 12.0. The molecule has 1 N–H and O–H groups in total. The highest BCUT2D eigenvalue weighted by Crippen LogP contribution is 2.32. The maximum Gasteiger partial charge on any atom is 0.326 e. The van der Waals surface area contributed by atoms with Crippen molar-refractivity contribution < 1.29 is 9.90 Å². The molecule has 0 aliphatic carbocycles. The van der Waals surface area contributed by atoms with E-state index in [1.54, 1.807) is 6.20 Å². The molecule has 1 aromatic carbocycles. The van der Waals surface area contributed by atoms with Gasteiger partial charge >= 0.3 is 5.97 Å². The molecule has 3 rings (SSSR count). The highest BCUT2D eigenvalue weighted by Gasteiger charge is 2.37. The van der Waals surface area contributed by atoms with Gasteiger partial charge in [-0.15, -0.1) is 0 Å². The summed E-state index contributed by atoms with van der Waals surface area (Å²) in [5, 5.41) is 11.5. The Kier molecular flexibility index (Phi) is 2.85.